The molecule has 1 N–H and O–H groups in total. The van der Waals surface area contributed by atoms with Gasteiger partial charge >= 0.3 is 0 Å². The molecular weight excluding hydrogens is 275 g/mol. The van der Waals surface area contributed by atoms with Crippen LogP contribution >= 0.6 is 0 Å². The average molecular weight is 296 g/mol. The number of ether oxygens (including phenoxy) is 1. The minimum absolute atomic E-state index is 0.214. The predicted molar refractivity (Wildman–Crippen MR) is 77.0 cm³/mol. The van der Waals surface area contributed by atoms with Gasteiger partial charge in [0.15, 0.2) is 0 Å². The van der Waals surface area contributed by atoms with Gasteiger partial charge in [-0.05, 0) is 24.6 Å². The summed E-state index contributed by atoms with van der Waals surface area (Å²) in [6, 6.07) is 5.25. The molecule has 0 aliphatic rings. The summed E-state index contributed by atoms with van der Waals surface area (Å²) in [7, 11) is 1.55. The molecule has 6 heteroatoms. The third-order valence-corrected chi connectivity index (χ3v) is 3.12. The second kappa shape index (κ2) is 8.36. The van der Waals surface area contributed by atoms with E-state index in [1.807, 2.05) is 0 Å². The standard InChI is InChI=1S/C15H21FN2O3/c1-11(15(20)17-8-9-21-3)18(12(2)19)10-13-4-6-14(16)7-5-13/h4-7,11H,8-10H2,1-3H3,(H,17,20)/t11-/m1/s1. The third kappa shape index (κ3) is 5.51. The van der Waals surface area contributed by atoms with Crippen LogP contribution in [0.4, 0.5) is 4.39 Å². The Labute approximate surface area is 124 Å². The van der Waals surface area contributed by atoms with Gasteiger partial charge in [0, 0.05) is 27.1 Å². The molecule has 0 saturated heterocycles. The summed E-state index contributed by atoms with van der Waals surface area (Å²) >= 11 is 0. The Bertz CT molecular complexity index is 476. The maximum atomic E-state index is 12.9. The molecule has 0 spiro atoms. The second-order valence-electron chi connectivity index (χ2n) is 4.73. The summed E-state index contributed by atoms with van der Waals surface area (Å²) in [5.41, 5.74) is 0.767. The lowest BCUT2D eigenvalue weighted by atomic mass is 10.1. The van der Waals surface area contributed by atoms with Gasteiger partial charge in [-0.25, -0.2) is 4.39 Å². The molecule has 1 aromatic carbocycles. The number of carbonyl (C=O) groups is 2. The first-order valence-corrected chi connectivity index (χ1v) is 6.74. The zero-order valence-electron chi connectivity index (χ0n) is 12.6. The molecule has 0 radical (unpaired) electrons. The molecular formula is C15H21FN2O3. The maximum absolute atomic E-state index is 12.9. The Morgan fingerprint density at radius 3 is 2.48 bits per heavy atom. The van der Waals surface area contributed by atoms with E-state index in [1.165, 1.54) is 24.0 Å². The van der Waals surface area contributed by atoms with Crippen LogP contribution in [0.3, 0.4) is 0 Å². The number of rotatable bonds is 7. The van der Waals surface area contributed by atoms with Crippen LogP contribution in [0, 0.1) is 5.82 Å². The van der Waals surface area contributed by atoms with Crippen molar-refractivity contribution in [1.29, 1.82) is 0 Å². The highest BCUT2D eigenvalue weighted by Gasteiger charge is 2.23. The Morgan fingerprint density at radius 2 is 1.95 bits per heavy atom. The Balaban J connectivity index is 2.69. The number of hydrogen-bond acceptors (Lipinski definition) is 3. The number of halogens is 1. The number of hydrogen-bond donors (Lipinski definition) is 1. The Kier molecular flexibility index (Phi) is 6.81. The highest BCUT2D eigenvalue weighted by molar-refractivity contribution is 5.86. The van der Waals surface area contributed by atoms with Crippen LogP contribution in [0.25, 0.3) is 0 Å². The zero-order valence-corrected chi connectivity index (χ0v) is 12.6. The molecule has 0 aliphatic carbocycles. The van der Waals surface area contributed by atoms with Crippen molar-refractivity contribution < 1.29 is 18.7 Å². The van der Waals surface area contributed by atoms with Crippen molar-refractivity contribution in [3.63, 3.8) is 0 Å². The molecule has 2 amide bonds. The molecule has 5 nitrogen and oxygen atoms in total. The quantitative estimate of drug-likeness (QED) is 0.772. The number of nitrogens with zero attached hydrogens (tertiary/aromatic N) is 1. The van der Waals surface area contributed by atoms with Crippen LogP contribution in [0.2, 0.25) is 0 Å². The van der Waals surface area contributed by atoms with E-state index in [2.05, 4.69) is 5.32 Å². The second-order valence-corrected chi connectivity index (χ2v) is 4.73. The largest absolute Gasteiger partial charge is 0.383 e. The van der Waals surface area contributed by atoms with Crippen molar-refractivity contribution in [3.8, 4) is 0 Å². The normalized spacial score (nSPS) is 11.8. The van der Waals surface area contributed by atoms with E-state index in [-0.39, 0.29) is 24.2 Å². The fourth-order valence-electron chi connectivity index (χ4n) is 1.87. The first-order valence-electron chi connectivity index (χ1n) is 6.74. The molecule has 0 aliphatic heterocycles. The molecule has 0 aromatic heterocycles. The van der Waals surface area contributed by atoms with Gasteiger partial charge in [-0.1, -0.05) is 12.1 Å². The van der Waals surface area contributed by atoms with E-state index < -0.39 is 6.04 Å². The van der Waals surface area contributed by atoms with E-state index in [9.17, 15) is 14.0 Å². The molecule has 1 aromatic rings. The summed E-state index contributed by atoms with van der Waals surface area (Å²) in [6.45, 7) is 4.13. The summed E-state index contributed by atoms with van der Waals surface area (Å²) in [5, 5.41) is 2.70. The van der Waals surface area contributed by atoms with Crippen molar-refractivity contribution in [1.82, 2.24) is 10.2 Å². The first kappa shape index (κ1) is 17.1. The smallest absolute Gasteiger partial charge is 0.242 e. The van der Waals surface area contributed by atoms with Crippen LogP contribution in [0.1, 0.15) is 19.4 Å². The summed E-state index contributed by atoms with van der Waals surface area (Å²) in [4.78, 5) is 25.2. The molecule has 0 fully saturated rings. The van der Waals surface area contributed by atoms with E-state index in [4.69, 9.17) is 4.74 Å². The van der Waals surface area contributed by atoms with Crippen LogP contribution in [0.15, 0.2) is 24.3 Å². The van der Waals surface area contributed by atoms with E-state index >= 15 is 0 Å². The number of benzene rings is 1. The molecule has 21 heavy (non-hydrogen) atoms. The molecule has 0 heterocycles. The monoisotopic (exact) mass is 296 g/mol. The number of carbonyl (C=O) groups excluding carboxylic acids is 2. The van der Waals surface area contributed by atoms with Gasteiger partial charge in [-0.3, -0.25) is 9.59 Å². The lowest BCUT2D eigenvalue weighted by Crippen LogP contribution is -2.47. The Morgan fingerprint density at radius 1 is 1.33 bits per heavy atom. The minimum Gasteiger partial charge on any atom is -0.383 e. The topological polar surface area (TPSA) is 58.6 Å². The number of methoxy groups -OCH3 is 1. The molecule has 1 atom stereocenters. The maximum Gasteiger partial charge on any atom is 0.242 e. The van der Waals surface area contributed by atoms with Gasteiger partial charge in [0.2, 0.25) is 11.8 Å². The minimum atomic E-state index is -0.607. The van der Waals surface area contributed by atoms with E-state index in [0.717, 1.165) is 5.56 Å². The first-order chi connectivity index (χ1) is 9.95. The van der Waals surface area contributed by atoms with E-state index in [0.29, 0.717) is 13.2 Å². The van der Waals surface area contributed by atoms with Gasteiger partial charge in [-0.2, -0.15) is 0 Å². The van der Waals surface area contributed by atoms with Crippen molar-refractivity contribution in [2.75, 3.05) is 20.3 Å². The van der Waals surface area contributed by atoms with Gasteiger partial charge in [0.1, 0.15) is 11.9 Å². The average Bonchev–Trinajstić information content (AvgIpc) is 2.45. The molecule has 0 bridgehead atoms. The van der Waals surface area contributed by atoms with Crippen LogP contribution < -0.4 is 5.32 Å². The van der Waals surface area contributed by atoms with E-state index in [1.54, 1.807) is 26.2 Å². The van der Waals surface area contributed by atoms with Crippen molar-refractivity contribution >= 4 is 11.8 Å². The molecule has 116 valence electrons. The van der Waals surface area contributed by atoms with Gasteiger partial charge in [-0.15, -0.1) is 0 Å². The van der Waals surface area contributed by atoms with Crippen molar-refractivity contribution in [2.24, 2.45) is 0 Å². The molecule has 0 saturated carbocycles. The van der Waals surface area contributed by atoms with Crippen LogP contribution in [0.5, 0.6) is 0 Å². The van der Waals surface area contributed by atoms with Gasteiger partial charge in [0.05, 0.1) is 6.61 Å². The van der Waals surface area contributed by atoms with Gasteiger partial charge < -0.3 is 15.0 Å². The third-order valence-electron chi connectivity index (χ3n) is 3.12. The Hall–Kier alpha value is -1.95. The molecule has 0 unspecified atom stereocenters. The lowest BCUT2D eigenvalue weighted by molar-refractivity contribution is -0.139. The number of amides is 2. The lowest BCUT2D eigenvalue weighted by Gasteiger charge is -2.27. The van der Waals surface area contributed by atoms with Crippen molar-refractivity contribution in [3.05, 3.63) is 35.6 Å². The van der Waals surface area contributed by atoms with Crippen molar-refractivity contribution in [2.45, 2.75) is 26.4 Å². The van der Waals surface area contributed by atoms with Crippen LogP contribution in [-0.4, -0.2) is 43.0 Å². The summed E-state index contributed by atoms with van der Waals surface area (Å²) in [5.74, 6) is -0.795. The summed E-state index contributed by atoms with van der Waals surface area (Å²) < 4.78 is 17.7. The number of nitrogens with one attached hydrogen (secondary N) is 1. The fraction of sp³-hybridized carbons (Fsp3) is 0.467. The van der Waals surface area contributed by atoms with Gasteiger partial charge in [0.25, 0.3) is 0 Å². The molecule has 1 rings (SSSR count). The zero-order chi connectivity index (χ0) is 15.8. The highest BCUT2D eigenvalue weighted by atomic mass is 19.1. The fourth-order valence-corrected chi connectivity index (χ4v) is 1.87. The SMILES string of the molecule is COCCNC(=O)[C@@H](C)N(Cc1ccc(F)cc1)C(C)=O. The summed E-state index contributed by atoms with van der Waals surface area (Å²) in [6.07, 6.45) is 0. The predicted octanol–water partition coefficient (Wildman–Crippen LogP) is 1.33. The van der Waals surface area contributed by atoms with Crippen LogP contribution in [-0.2, 0) is 20.9 Å². The highest BCUT2D eigenvalue weighted by Crippen LogP contribution is 2.10.